The van der Waals surface area contributed by atoms with Crippen molar-refractivity contribution >= 4 is 5.97 Å². The molecular weight excluding hydrogens is 456 g/mol. The first-order valence-corrected chi connectivity index (χ1v) is 15.3. The Morgan fingerprint density at radius 1 is 0.757 bits per heavy atom. The number of esters is 1. The lowest BCUT2D eigenvalue weighted by atomic mass is 9.80. The number of nitrogens with zero attached hydrogens (tertiary/aromatic N) is 2. The fourth-order valence-electron chi connectivity index (χ4n) is 5.51. The van der Waals surface area contributed by atoms with Gasteiger partial charge in [0, 0.05) is 18.0 Å². The van der Waals surface area contributed by atoms with Crippen LogP contribution < -0.4 is 4.74 Å². The Labute approximate surface area is 226 Å². The standard InChI is InChI=1S/C33H50N2O2/c1-3-5-7-8-9-10-11-12-14-16-28-25-34-32(35-26-28)29-21-23-31(24-22-29)37-33(36)30-19-17-27(18-20-30)15-13-6-4-2/h21-27,30H,3-20H2,1-2H3. The Morgan fingerprint density at radius 2 is 1.32 bits per heavy atom. The molecule has 0 N–H and O–H groups in total. The lowest BCUT2D eigenvalue weighted by Gasteiger charge is -2.27. The molecule has 204 valence electrons. The van der Waals surface area contributed by atoms with Crippen molar-refractivity contribution in [2.24, 2.45) is 11.8 Å². The zero-order valence-electron chi connectivity index (χ0n) is 23.6. The average molecular weight is 507 g/mol. The largest absolute Gasteiger partial charge is 0.426 e. The second-order valence-corrected chi connectivity index (χ2v) is 11.2. The van der Waals surface area contributed by atoms with Crippen LogP contribution in [0.3, 0.4) is 0 Å². The molecule has 1 aromatic carbocycles. The van der Waals surface area contributed by atoms with Crippen molar-refractivity contribution in [2.75, 3.05) is 0 Å². The molecule has 37 heavy (non-hydrogen) atoms. The van der Waals surface area contributed by atoms with Crippen LogP contribution in [0.25, 0.3) is 11.4 Å². The smallest absolute Gasteiger partial charge is 0.314 e. The number of rotatable bonds is 17. The highest BCUT2D eigenvalue weighted by atomic mass is 16.5. The van der Waals surface area contributed by atoms with Gasteiger partial charge in [0.1, 0.15) is 5.75 Å². The van der Waals surface area contributed by atoms with Crippen LogP contribution in [0, 0.1) is 11.8 Å². The zero-order valence-corrected chi connectivity index (χ0v) is 23.6. The summed E-state index contributed by atoms with van der Waals surface area (Å²) in [5.41, 5.74) is 2.15. The van der Waals surface area contributed by atoms with Gasteiger partial charge in [0.15, 0.2) is 5.82 Å². The molecule has 1 heterocycles. The van der Waals surface area contributed by atoms with Crippen LogP contribution in [0.1, 0.15) is 129 Å². The highest BCUT2D eigenvalue weighted by Crippen LogP contribution is 2.33. The Morgan fingerprint density at radius 3 is 1.95 bits per heavy atom. The predicted molar refractivity (Wildman–Crippen MR) is 154 cm³/mol. The van der Waals surface area contributed by atoms with Gasteiger partial charge in [-0.1, -0.05) is 90.9 Å². The molecule has 1 aliphatic carbocycles. The summed E-state index contributed by atoms with van der Waals surface area (Å²) in [4.78, 5) is 21.8. The van der Waals surface area contributed by atoms with Gasteiger partial charge in [0.25, 0.3) is 0 Å². The number of carbonyl (C=O) groups excluding carboxylic acids is 1. The van der Waals surface area contributed by atoms with Crippen LogP contribution >= 0.6 is 0 Å². The molecule has 0 bridgehead atoms. The summed E-state index contributed by atoms with van der Waals surface area (Å²) in [6.45, 7) is 4.52. The highest BCUT2D eigenvalue weighted by Gasteiger charge is 2.27. The fourth-order valence-corrected chi connectivity index (χ4v) is 5.51. The quantitative estimate of drug-likeness (QED) is 0.122. The third-order valence-corrected chi connectivity index (χ3v) is 8.00. The van der Waals surface area contributed by atoms with Crippen molar-refractivity contribution < 1.29 is 9.53 Å². The number of carbonyl (C=O) groups is 1. The summed E-state index contributed by atoms with van der Waals surface area (Å²) in [5, 5.41) is 0. The molecule has 0 aliphatic heterocycles. The zero-order chi connectivity index (χ0) is 26.1. The minimum Gasteiger partial charge on any atom is -0.426 e. The van der Waals surface area contributed by atoms with Crippen LogP contribution in [0.15, 0.2) is 36.7 Å². The van der Waals surface area contributed by atoms with Crippen molar-refractivity contribution in [2.45, 2.75) is 129 Å². The van der Waals surface area contributed by atoms with Crippen LogP contribution in [-0.4, -0.2) is 15.9 Å². The summed E-state index contributed by atoms with van der Waals surface area (Å²) < 4.78 is 5.71. The van der Waals surface area contributed by atoms with E-state index in [0.29, 0.717) is 5.75 Å². The second-order valence-electron chi connectivity index (χ2n) is 11.2. The van der Waals surface area contributed by atoms with Crippen molar-refractivity contribution in [3.63, 3.8) is 0 Å². The number of hydrogen-bond donors (Lipinski definition) is 0. The molecule has 2 aromatic rings. The van der Waals surface area contributed by atoms with Gasteiger partial charge < -0.3 is 4.74 Å². The van der Waals surface area contributed by atoms with Crippen molar-refractivity contribution in [1.29, 1.82) is 0 Å². The lowest BCUT2D eigenvalue weighted by molar-refractivity contribution is -0.140. The molecule has 0 amide bonds. The molecule has 1 aromatic heterocycles. The van der Waals surface area contributed by atoms with Gasteiger partial charge in [-0.2, -0.15) is 0 Å². The van der Waals surface area contributed by atoms with E-state index in [9.17, 15) is 4.79 Å². The number of hydrogen-bond acceptors (Lipinski definition) is 4. The first-order chi connectivity index (χ1) is 18.2. The summed E-state index contributed by atoms with van der Waals surface area (Å²) in [7, 11) is 0. The van der Waals surface area contributed by atoms with Crippen LogP contribution in [0.2, 0.25) is 0 Å². The molecule has 4 nitrogen and oxygen atoms in total. The van der Waals surface area contributed by atoms with Gasteiger partial charge in [-0.05, 0) is 74.3 Å². The molecule has 0 unspecified atom stereocenters. The van der Waals surface area contributed by atoms with Gasteiger partial charge in [0.05, 0.1) is 5.92 Å². The summed E-state index contributed by atoms with van der Waals surface area (Å²) in [5.74, 6) is 2.10. The van der Waals surface area contributed by atoms with E-state index in [1.165, 1.54) is 89.0 Å². The predicted octanol–water partition coefficient (Wildman–Crippen LogP) is 9.51. The van der Waals surface area contributed by atoms with E-state index in [-0.39, 0.29) is 11.9 Å². The molecule has 0 radical (unpaired) electrons. The maximum atomic E-state index is 12.7. The number of aryl methyl sites for hydroxylation is 1. The summed E-state index contributed by atoms with van der Waals surface area (Å²) in [6, 6.07) is 7.62. The van der Waals surface area contributed by atoms with Gasteiger partial charge in [-0.15, -0.1) is 0 Å². The Balaban J connectivity index is 1.35. The number of aromatic nitrogens is 2. The first-order valence-electron chi connectivity index (χ1n) is 15.3. The van der Waals surface area contributed by atoms with Gasteiger partial charge in [0.2, 0.25) is 0 Å². The molecule has 1 saturated carbocycles. The summed E-state index contributed by atoms with van der Waals surface area (Å²) >= 11 is 0. The Kier molecular flexibility index (Phi) is 13.7. The molecular formula is C33H50N2O2. The van der Waals surface area contributed by atoms with Crippen LogP contribution in [0.5, 0.6) is 5.75 Å². The van der Waals surface area contributed by atoms with Gasteiger partial charge in [-0.3, -0.25) is 4.79 Å². The summed E-state index contributed by atoms with van der Waals surface area (Å²) in [6.07, 6.45) is 26.5. The van der Waals surface area contributed by atoms with E-state index in [2.05, 4.69) is 23.8 Å². The molecule has 1 fully saturated rings. The van der Waals surface area contributed by atoms with Crippen molar-refractivity contribution in [3.05, 3.63) is 42.2 Å². The van der Waals surface area contributed by atoms with Crippen LogP contribution in [0.4, 0.5) is 0 Å². The maximum Gasteiger partial charge on any atom is 0.314 e. The molecule has 0 spiro atoms. The Hall–Kier alpha value is -2.23. The normalized spacial score (nSPS) is 17.6. The Bertz CT molecular complexity index is 870. The topological polar surface area (TPSA) is 52.1 Å². The number of ether oxygens (including phenoxy) is 1. The minimum atomic E-state index is -0.0724. The van der Waals surface area contributed by atoms with E-state index in [4.69, 9.17) is 4.74 Å². The van der Waals surface area contributed by atoms with E-state index < -0.39 is 0 Å². The van der Waals surface area contributed by atoms with Crippen molar-refractivity contribution in [1.82, 2.24) is 9.97 Å². The molecule has 4 heteroatoms. The minimum absolute atomic E-state index is 0.0452. The van der Waals surface area contributed by atoms with E-state index in [1.54, 1.807) is 0 Å². The average Bonchev–Trinajstić information content (AvgIpc) is 2.93. The van der Waals surface area contributed by atoms with E-state index in [1.807, 2.05) is 36.7 Å². The third-order valence-electron chi connectivity index (χ3n) is 8.00. The molecule has 0 atom stereocenters. The maximum absolute atomic E-state index is 12.7. The fraction of sp³-hybridized carbons (Fsp3) is 0.667. The van der Waals surface area contributed by atoms with Gasteiger partial charge in [-0.25, -0.2) is 9.97 Å². The van der Waals surface area contributed by atoms with Crippen molar-refractivity contribution in [3.8, 4) is 17.1 Å². The SMILES string of the molecule is CCCCCCCCCCCc1cnc(-c2ccc(OC(=O)C3CCC(CCCCC)CC3)cc2)nc1. The lowest BCUT2D eigenvalue weighted by Crippen LogP contribution is -2.25. The van der Waals surface area contributed by atoms with E-state index >= 15 is 0 Å². The molecule has 0 saturated heterocycles. The molecule has 1 aliphatic rings. The third kappa shape index (κ3) is 11.0. The second kappa shape index (κ2) is 17.3. The van der Waals surface area contributed by atoms with Gasteiger partial charge >= 0.3 is 5.97 Å². The number of unbranched alkanes of at least 4 members (excludes halogenated alkanes) is 10. The first kappa shape index (κ1) is 29.3. The number of benzene rings is 1. The van der Waals surface area contributed by atoms with E-state index in [0.717, 1.165) is 49.4 Å². The van der Waals surface area contributed by atoms with Crippen LogP contribution in [-0.2, 0) is 11.2 Å². The highest BCUT2D eigenvalue weighted by molar-refractivity contribution is 5.75. The monoisotopic (exact) mass is 506 g/mol. The molecule has 3 rings (SSSR count).